The van der Waals surface area contributed by atoms with Gasteiger partial charge in [-0.15, -0.1) is 0 Å². The van der Waals surface area contributed by atoms with Crippen molar-refractivity contribution in [3.63, 3.8) is 0 Å². The van der Waals surface area contributed by atoms with E-state index >= 15 is 0 Å². The average Bonchev–Trinajstić information content (AvgIpc) is 2.87. The predicted molar refractivity (Wildman–Crippen MR) is 172 cm³/mol. The fourth-order valence-corrected chi connectivity index (χ4v) is 4.30. The lowest BCUT2D eigenvalue weighted by Gasteiger charge is -2.19. The van der Waals surface area contributed by atoms with E-state index in [0.717, 1.165) is 6.07 Å². The van der Waals surface area contributed by atoms with Gasteiger partial charge in [-0.3, -0.25) is 40.5 Å². The van der Waals surface area contributed by atoms with Crippen LogP contribution in [0.15, 0.2) is 54.6 Å². The summed E-state index contributed by atoms with van der Waals surface area (Å²) in [7, 11) is 0. The van der Waals surface area contributed by atoms with Gasteiger partial charge in [-0.2, -0.15) is 0 Å². The zero-order valence-corrected chi connectivity index (χ0v) is 27.3. The summed E-state index contributed by atoms with van der Waals surface area (Å²) >= 11 is 0. The molecule has 0 atom stereocenters. The van der Waals surface area contributed by atoms with E-state index in [-0.39, 0.29) is 28.3 Å². The summed E-state index contributed by atoms with van der Waals surface area (Å²) in [5.41, 5.74) is 1.59. The molecule has 0 heterocycles. The maximum absolute atomic E-state index is 11.0. The van der Waals surface area contributed by atoms with Crippen molar-refractivity contribution in [2.45, 2.75) is 92.4 Å². The molecule has 0 N–H and O–H groups in total. The Balaban J connectivity index is 0.000000342. The van der Waals surface area contributed by atoms with Gasteiger partial charge in [0.1, 0.15) is 5.56 Å². The number of hydrogen-bond donors (Lipinski definition) is 0. The normalized spacial score (nSPS) is 11.3. The van der Waals surface area contributed by atoms with E-state index in [2.05, 4.69) is 51.1 Å². The van der Waals surface area contributed by atoms with Crippen molar-refractivity contribution in [1.82, 2.24) is 0 Å². The van der Waals surface area contributed by atoms with Crippen LogP contribution < -0.4 is 0 Å². The monoisotopic (exact) mass is 610 g/mol. The minimum Gasteiger partial charge on any atom is -0.258 e. The van der Waals surface area contributed by atoms with Crippen LogP contribution in [0.3, 0.4) is 0 Å². The third-order valence-electron chi connectivity index (χ3n) is 6.75. The van der Waals surface area contributed by atoms with E-state index < -0.39 is 30.5 Å². The molecule has 238 valence electrons. The summed E-state index contributed by atoms with van der Waals surface area (Å²) in [6.45, 7) is 20.7. The van der Waals surface area contributed by atoms with E-state index in [4.69, 9.17) is 0 Å². The van der Waals surface area contributed by atoms with Crippen LogP contribution in [-0.2, 0) is 16.2 Å². The lowest BCUT2D eigenvalue weighted by atomic mass is 9.84. The van der Waals surface area contributed by atoms with Crippen LogP contribution in [0.1, 0.15) is 90.1 Å². The molecule has 3 aromatic rings. The smallest absolute Gasteiger partial charge is 0.258 e. The molecule has 0 spiro atoms. The van der Waals surface area contributed by atoms with Gasteiger partial charge >= 0.3 is 0 Å². The maximum atomic E-state index is 11.0. The van der Waals surface area contributed by atoms with Gasteiger partial charge in [0.25, 0.3) is 22.7 Å². The second-order valence-electron chi connectivity index (χ2n) is 13.4. The number of benzene rings is 3. The highest BCUT2D eigenvalue weighted by Gasteiger charge is 2.31. The molecule has 0 aromatic heterocycles. The Labute approximate surface area is 257 Å². The molecule has 0 aliphatic carbocycles. The Morgan fingerprint density at radius 1 is 0.500 bits per heavy atom. The Morgan fingerprint density at radius 3 is 1.30 bits per heavy atom. The molecular formula is C32H42N4O8. The highest BCUT2D eigenvalue weighted by molar-refractivity contribution is 5.59. The van der Waals surface area contributed by atoms with Crippen molar-refractivity contribution >= 4 is 22.7 Å². The van der Waals surface area contributed by atoms with E-state index in [1.54, 1.807) is 6.92 Å². The Morgan fingerprint density at radius 2 is 0.955 bits per heavy atom. The first kappa shape index (κ1) is 37.3. The van der Waals surface area contributed by atoms with Crippen LogP contribution in [-0.4, -0.2) is 19.7 Å². The van der Waals surface area contributed by atoms with Crippen molar-refractivity contribution in [3.05, 3.63) is 123 Å². The molecule has 12 nitrogen and oxygen atoms in total. The molecule has 0 amide bonds. The molecule has 0 aliphatic rings. The van der Waals surface area contributed by atoms with Crippen molar-refractivity contribution < 1.29 is 19.7 Å². The second-order valence-corrected chi connectivity index (χ2v) is 13.4. The van der Waals surface area contributed by atoms with Gasteiger partial charge in [0.15, 0.2) is 0 Å². The van der Waals surface area contributed by atoms with Crippen LogP contribution in [0.5, 0.6) is 0 Å². The largest absolute Gasteiger partial charge is 0.282 e. The molecule has 0 radical (unpaired) electrons. The molecule has 12 heteroatoms. The van der Waals surface area contributed by atoms with Gasteiger partial charge < -0.3 is 0 Å². The summed E-state index contributed by atoms with van der Waals surface area (Å²) in [4.78, 5) is 41.1. The van der Waals surface area contributed by atoms with Crippen LogP contribution in [0, 0.1) is 54.3 Å². The number of nitro groups is 4. The van der Waals surface area contributed by atoms with Gasteiger partial charge in [-0.1, -0.05) is 92.6 Å². The van der Waals surface area contributed by atoms with Crippen molar-refractivity contribution in [2.75, 3.05) is 0 Å². The second kappa shape index (κ2) is 14.2. The highest BCUT2D eigenvalue weighted by Crippen LogP contribution is 2.38. The van der Waals surface area contributed by atoms with Crippen molar-refractivity contribution in [2.24, 2.45) is 0 Å². The summed E-state index contributed by atoms with van der Waals surface area (Å²) in [6, 6.07) is 15.9. The van der Waals surface area contributed by atoms with Gasteiger partial charge in [0.05, 0.1) is 25.8 Å². The topological polar surface area (TPSA) is 173 Å². The van der Waals surface area contributed by atoms with Gasteiger partial charge in [0, 0.05) is 22.8 Å². The van der Waals surface area contributed by atoms with Gasteiger partial charge in [0.2, 0.25) is 0 Å². The van der Waals surface area contributed by atoms with Crippen molar-refractivity contribution in [1.29, 1.82) is 0 Å². The molecule has 3 rings (SSSR count). The molecule has 0 bridgehead atoms. The van der Waals surface area contributed by atoms with E-state index in [1.165, 1.54) is 30.7 Å². The molecule has 0 saturated carbocycles. The minimum absolute atomic E-state index is 0.104. The maximum Gasteiger partial charge on any atom is 0.282 e. The first-order valence-corrected chi connectivity index (χ1v) is 13.8. The standard InChI is InChI=1S/2C11H14N2O4.C10H14/c1-7-5-8(11(2,3)4)10(13(16)17)6-9(7)12(14)15;1-7-9(12(14)15)6-5-8(11(2,3)4)10(7)13(16)17;1-10(2,3)9-7-5-4-6-8-9/h2*5-6H,1-4H3;4-8H,1-3H3. The number of hydrogen-bond acceptors (Lipinski definition) is 8. The SMILES string of the molecule is CC(C)(C)c1ccccc1.Cc1c([N+](=O)[O-])ccc(C(C)(C)C)c1[N+](=O)[O-].Cc1cc(C(C)(C)C)c([N+](=O)[O-])cc1[N+](=O)[O-]. The molecule has 0 aliphatic heterocycles. The third kappa shape index (κ3) is 9.92. The van der Waals surface area contributed by atoms with Gasteiger partial charge in [-0.25, -0.2) is 0 Å². The summed E-state index contributed by atoms with van der Waals surface area (Å²) in [6.07, 6.45) is 0. The van der Waals surface area contributed by atoms with E-state index in [9.17, 15) is 40.5 Å². The van der Waals surface area contributed by atoms with Crippen LogP contribution >= 0.6 is 0 Å². The fourth-order valence-electron chi connectivity index (χ4n) is 4.30. The van der Waals surface area contributed by atoms with Crippen LogP contribution in [0.2, 0.25) is 0 Å². The number of nitrogens with zero attached hydrogens (tertiary/aromatic N) is 4. The Hall–Kier alpha value is -4.74. The highest BCUT2D eigenvalue weighted by atomic mass is 16.6. The lowest BCUT2D eigenvalue weighted by molar-refractivity contribution is -0.396. The van der Waals surface area contributed by atoms with Crippen LogP contribution in [0.4, 0.5) is 22.7 Å². The molecule has 0 saturated heterocycles. The number of aryl methyl sites for hydroxylation is 1. The summed E-state index contributed by atoms with van der Waals surface area (Å²) in [5.74, 6) is 0. The molecule has 44 heavy (non-hydrogen) atoms. The zero-order valence-electron chi connectivity index (χ0n) is 27.3. The predicted octanol–water partition coefficient (Wildman–Crippen LogP) is 9.20. The first-order valence-electron chi connectivity index (χ1n) is 13.8. The van der Waals surface area contributed by atoms with Crippen molar-refractivity contribution in [3.8, 4) is 0 Å². The average molecular weight is 611 g/mol. The summed E-state index contributed by atoms with van der Waals surface area (Å²) < 4.78 is 0. The third-order valence-corrected chi connectivity index (χ3v) is 6.75. The van der Waals surface area contributed by atoms with E-state index in [1.807, 2.05) is 41.5 Å². The zero-order chi connectivity index (χ0) is 34.4. The van der Waals surface area contributed by atoms with Gasteiger partial charge in [-0.05, 0) is 47.8 Å². The quantitative estimate of drug-likeness (QED) is 0.207. The molecule has 0 fully saturated rings. The molecule has 0 unspecified atom stereocenters. The first-order chi connectivity index (χ1) is 19.9. The van der Waals surface area contributed by atoms with Crippen LogP contribution in [0.25, 0.3) is 0 Å². The lowest BCUT2D eigenvalue weighted by Crippen LogP contribution is -2.15. The minimum atomic E-state index is -0.602. The molecule has 3 aromatic carbocycles. The fraction of sp³-hybridized carbons (Fsp3) is 0.438. The Kier molecular flexibility index (Phi) is 12.0. The summed E-state index contributed by atoms with van der Waals surface area (Å²) in [5, 5.41) is 43.5. The Bertz CT molecular complexity index is 1510. The van der Waals surface area contributed by atoms with E-state index in [0.29, 0.717) is 22.1 Å². The number of nitro benzene ring substituents is 4. The number of rotatable bonds is 4. The molecular weight excluding hydrogens is 568 g/mol.